The standard InChI is InChI=1S/C11H9ClNO2/c1-8-6-9(7-14)13(15-8)11-5-3-2-4-10(11)12/h2-6,8H,1H3. The first-order chi connectivity index (χ1) is 7.22. The molecule has 1 aromatic carbocycles. The minimum absolute atomic E-state index is 0.141. The smallest absolute Gasteiger partial charge is 0.253 e. The SMILES string of the molecule is CC1C=C([C]=O)N(c2ccccc2Cl)O1. The van der Waals surface area contributed by atoms with Gasteiger partial charge in [-0.2, -0.15) is 0 Å². The second-order valence-corrected chi connectivity index (χ2v) is 3.62. The van der Waals surface area contributed by atoms with E-state index in [2.05, 4.69) is 0 Å². The van der Waals surface area contributed by atoms with Crippen LogP contribution in [0.15, 0.2) is 36.0 Å². The highest BCUT2D eigenvalue weighted by atomic mass is 35.5. The lowest BCUT2D eigenvalue weighted by molar-refractivity contribution is 0.113. The van der Waals surface area contributed by atoms with Gasteiger partial charge in [0.2, 0.25) is 0 Å². The van der Waals surface area contributed by atoms with E-state index >= 15 is 0 Å². The van der Waals surface area contributed by atoms with E-state index in [0.29, 0.717) is 16.4 Å². The lowest BCUT2D eigenvalue weighted by atomic mass is 10.3. The molecule has 15 heavy (non-hydrogen) atoms. The molecule has 77 valence electrons. The van der Waals surface area contributed by atoms with Crippen LogP contribution in [0.25, 0.3) is 0 Å². The van der Waals surface area contributed by atoms with Crippen LogP contribution in [0.1, 0.15) is 6.92 Å². The molecule has 0 saturated heterocycles. The Morgan fingerprint density at radius 2 is 2.20 bits per heavy atom. The van der Waals surface area contributed by atoms with Gasteiger partial charge in [-0.15, -0.1) is 0 Å². The molecule has 0 N–H and O–H groups in total. The summed E-state index contributed by atoms with van der Waals surface area (Å²) < 4.78 is 0. The summed E-state index contributed by atoms with van der Waals surface area (Å²) in [5.41, 5.74) is 1.01. The van der Waals surface area contributed by atoms with E-state index in [0.717, 1.165) is 0 Å². The van der Waals surface area contributed by atoms with Crippen molar-refractivity contribution in [2.75, 3.05) is 5.06 Å². The summed E-state index contributed by atoms with van der Waals surface area (Å²) in [6.07, 6.45) is 3.37. The fourth-order valence-electron chi connectivity index (χ4n) is 1.42. The number of nitrogens with zero attached hydrogens (tertiary/aromatic N) is 1. The van der Waals surface area contributed by atoms with E-state index in [1.165, 1.54) is 5.06 Å². The predicted molar refractivity (Wildman–Crippen MR) is 58.3 cm³/mol. The first-order valence-corrected chi connectivity index (χ1v) is 4.91. The molecule has 2 rings (SSSR count). The lowest BCUT2D eigenvalue weighted by Gasteiger charge is -2.19. The summed E-state index contributed by atoms with van der Waals surface area (Å²) in [7, 11) is 0. The third-order valence-electron chi connectivity index (χ3n) is 2.06. The molecule has 0 spiro atoms. The highest BCUT2D eigenvalue weighted by molar-refractivity contribution is 6.33. The molecule has 0 bridgehead atoms. The molecular weight excluding hydrogens is 214 g/mol. The maximum absolute atomic E-state index is 10.7. The van der Waals surface area contributed by atoms with Crippen molar-refractivity contribution in [3.05, 3.63) is 41.1 Å². The third kappa shape index (κ3) is 1.89. The summed E-state index contributed by atoms with van der Waals surface area (Å²) in [4.78, 5) is 16.1. The molecule has 1 aliphatic rings. The first-order valence-electron chi connectivity index (χ1n) is 4.54. The van der Waals surface area contributed by atoms with Crippen molar-refractivity contribution in [3.63, 3.8) is 0 Å². The van der Waals surface area contributed by atoms with E-state index in [-0.39, 0.29) is 6.10 Å². The van der Waals surface area contributed by atoms with Gasteiger partial charge in [0.05, 0.1) is 10.7 Å². The van der Waals surface area contributed by atoms with Crippen molar-refractivity contribution in [1.82, 2.24) is 0 Å². The molecule has 1 heterocycles. The molecule has 0 aromatic heterocycles. The van der Waals surface area contributed by atoms with Crippen molar-refractivity contribution in [2.45, 2.75) is 13.0 Å². The molecule has 4 heteroatoms. The van der Waals surface area contributed by atoms with Gasteiger partial charge in [0.25, 0.3) is 6.29 Å². The third-order valence-corrected chi connectivity index (χ3v) is 2.38. The van der Waals surface area contributed by atoms with Crippen molar-refractivity contribution in [3.8, 4) is 0 Å². The molecule has 0 fully saturated rings. The van der Waals surface area contributed by atoms with Gasteiger partial charge in [-0.25, -0.2) is 5.06 Å². The van der Waals surface area contributed by atoms with Crippen LogP contribution in [0.2, 0.25) is 5.02 Å². The maximum atomic E-state index is 10.7. The van der Waals surface area contributed by atoms with E-state index < -0.39 is 0 Å². The summed E-state index contributed by atoms with van der Waals surface area (Å²) >= 11 is 6.00. The zero-order valence-corrected chi connectivity index (χ0v) is 8.86. The number of para-hydroxylation sites is 1. The van der Waals surface area contributed by atoms with Gasteiger partial charge in [-0.1, -0.05) is 23.7 Å². The molecule has 1 unspecified atom stereocenters. The first kappa shape index (κ1) is 10.2. The predicted octanol–water partition coefficient (Wildman–Crippen LogP) is 2.47. The van der Waals surface area contributed by atoms with Gasteiger partial charge >= 0.3 is 0 Å². The zero-order valence-electron chi connectivity index (χ0n) is 8.11. The summed E-state index contributed by atoms with van der Waals surface area (Å²) in [6, 6.07) is 7.17. The van der Waals surface area contributed by atoms with Gasteiger partial charge in [-0.3, -0.25) is 9.63 Å². The van der Waals surface area contributed by atoms with Crippen LogP contribution in [0.4, 0.5) is 5.69 Å². The Bertz CT molecular complexity index is 417. The fourth-order valence-corrected chi connectivity index (χ4v) is 1.63. The Kier molecular flexibility index (Phi) is 2.75. The molecule has 1 atom stereocenters. The molecule has 1 aromatic rings. The van der Waals surface area contributed by atoms with Crippen molar-refractivity contribution < 1.29 is 9.63 Å². The van der Waals surface area contributed by atoms with E-state index in [1.54, 1.807) is 18.2 Å². The highest BCUT2D eigenvalue weighted by Gasteiger charge is 2.24. The molecule has 0 aliphatic carbocycles. The quantitative estimate of drug-likeness (QED) is 0.770. The van der Waals surface area contributed by atoms with Crippen LogP contribution in [0.5, 0.6) is 0 Å². The number of hydrogen-bond donors (Lipinski definition) is 0. The number of allylic oxidation sites excluding steroid dienone is 1. The minimum atomic E-state index is -0.141. The molecule has 1 radical (unpaired) electrons. The van der Waals surface area contributed by atoms with Crippen LogP contribution >= 0.6 is 11.6 Å². The number of carbonyl (C=O) groups excluding carboxylic acids is 1. The van der Waals surface area contributed by atoms with Crippen LogP contribution in [0.3, 0.4) is 0 Å². The number of halogens is 1. The van der Waals surface area contributed by atoms with Crippen LogP contribution in [-0.2, 0) is 9.63 Å². The van der Waals surface area contributed by atoms with E-state index in [9.17, 15) is 4.79 Å². The van der Waals surface area contributed by atoms with Crippen molar-refractivity contribution in [1.29, 1.82) is 0 Å². The Labute approximate surface area is 92.9 Å². The van der Waals surface area contributed by atoms with Crippen LogP contribution in [0, 0.1) is 0 Å². The summed E-state index contributed by atoms with van der Waals surface area (Å²) in [6.45, 7) is 1.84. The maximum Gasteiger partial charge on any atom is 0.253 e. The number of anilines is 1. The fraction of sp³-hybridized carbons (Fsp3) is 0.182. The topological polar surface area (TPSA) is 29.5 Å². The van der Waals surface area contributed by atoms with Crippen molar-refractivity contribution >= 4 is 23.6 Å². The van der Waals surface area contributed by atoms with Crippen LogP contribution < -0.4 is 5.06 Å². The second kappa shape index (κ2) is 4.04. The summed E-state index contributed by atoms with van der Waals surface area (Å²) in [5, 5.41) is 1.94. The highest BCUT2D eigenvalue weighted by Crippen LogP contribution is 2.31. The largest absolute Gasteiger partial charge is 0.283 e. The average molecular weight is 223 g/mol. The number of hydroxylamine groups is 1. The Morgan fingerprint density at radius 1 is 1.47 bits per heavy atom. The minimum Gasteiger partial charge on any atom is -0.283 e. The lowest BCUT2D eigenvalue weighted by Crippen LogP contribution is -2.20. The van der Waals surface area contributed by atoms with Gasteiger partial charge in [0.15, 0.2) is 0 Å². The van der Waals surface area contributed by atoms with Crippen molar-refractivity contribution in [2.24, 2.45) is 0 Å². The number of rotatable bonds is 2. The molecular formula is C11H9ClNO2. The zero-order chi connectivity index (χ0) is 10.8. The normalized spacial score (nSPS) is 20.3. The Morgan fingerprint density at radius 3 is 2.87 bits per heavy atom. The molecule has 1 aliphatic heterocycles. The number of hydrogen-bond acceptors (Lipinski definition) is 3. The summed E-state index contributed by atoms with van der Waals surface area (Å²) in [5.74, 6) is 0. The second-order valence-electron chi connectivity index (χ2n) is 3.21. The molecule has 3 nitrogen and oxygen atoms in total. The Hall–Kier alpha value is -1.32. The van der Waals surface area contributed by atoms with Gasteiger partial charge in [0, 0.05) is 0 Å². The number of benzene rings is 1. The van der Waals surface area contributed by atoms with Gasteiger partial charge in [0.1, 0.15) is 11.8 Å². The van der Waals surface area contributed by atoms with Gasteiger partial charge < -0.3 is 0 Å². The van der Waals surface area contributed by atoms with E-state index in [1.807, 2.05) is 25.3 Å². The average Bonchev–Trinajstić information content (AvgIpc) is 2.60. The van der Waals surface area contributed by atoms with Crippen LogP contribution in [-0.4, -0.2) is 12.4 Å². The molecule has 0 saturated carbocycles. The monoisotopic (exact) mass is 222 g/mol. The van der Waals surface area contributed by atoms with E-state index in [4.69, 9.17) is 16.4 Å². The Balaban J connectivity index is 2.37. The van der Waals surface area contributed by atoms with Gasteiger partial charge in [-0.05, 0) is 25.1 Å². The molecule has 0 amide bonds.